The normalized spacial score (nSPS) is 18.4. The van der Waals surface area contributed by atoms with Crippen LogP contribution in [0.4, 0.5) is 0 Å². The van der Waals surface area contributed by atoms with Gasteiger partial charge < -0.3 is 24.3 Å². The molecule has 2 unspecified atom stereocenters. The summed E-state index contributed by atoms with van der Waals surface area (Å²) in [6, 6.07) is 7.42. The third-order valence-corrected chi connectivity index (χ3v) is 3.53. The van der Waals surface area contributed by atoms with E-state index in [-0.39, 0.29) is 24.5 Å². The highest BCUT2D eigenvalue weighted by Gasteiger charge is 2.33. The molecule has 1 aliphatic heterocycles. The molecule has 0 radical (unpaired) electrons. The topological polar surface area (TPSA) is 105 Å². The van der Waals surface area contributed by atoms with Crippen LogP contribution in [0.15, 0.2) is 24.3 Å². The van der Waals surface area contributed by atoms with Crippen molar-refractivity contribution in [2.75, 3.05) is 14.2 Å². The number of amides is 1. The van der Waals surface area contributed by atoms with Crippen LogP contribution in [0.2, 0.25) is 0 Å². The zero-order chi connectivity index (χ0) is 17.8. The molecule has 1 aliphatic rings. The molecule has 0 saturated heterocycles. The molecule has 2 heterocycles. The van der Waals surface area contributed by atoms with Crippen molar-refractivity contribution in [2.45, 2.75) is 25.7 Å². The van der Waals surface area contributed by atoms with Gasteiger partial charge in [-0.15, -0.1) is 4.98 Å². The van der Waals surface area contributed by atoms with E-state index in [1.807, 2.05) is 12.1 Å². The number of hydrogen-bond donors (Lipinski definition) is 1. The minimum absolute atomic E-state index is 0.0717. The largest absolute Gasteiger partial charge is 0.482 e. The van der Waals surface area contributed by atoms with Crippen molar-refractivity contribution >= 4 is 5.91 Å². The molecule has 25 heavy (non-hydrogen) atoms. The highest BCUT2D eigenvalue weighted by Crippen LogP contribution is 2.33. The summed E-state index contributed by atoms with van der Waals surface area (Å²) in [5.41, 5.74) is 0. The van der Waals surface area contributed by atoms with Gasteiger partial charge in [-0.2, -0.15) is 9.97 Å². The number of nitrogens with zero attached hydrogens (tertiary/aromatic N) is 3. The quantitative estimate of drug-likeness (QED) is 0.845. The Morgan fingerprint density at radius 3 is 2.28 bits per heavy atom. The van der Waals surface area contributed by atoms with E-state index in [2.05, 4.69) is 20.3 Å². The molecule has 132 valence electrons. The molecule has 1 N–H and O–H groups in total. The van der Waals surface area contributed by atoms with Gasteiger partial charge in [-0.05, 0) is 19.1 Å². The lowest BCUT2D eigenvalue weighted by molar-refractivity contribution is -0.133. The van der Waals surface area contributed by atoms with Gasteiger partial charge in [0.05, 0.1) is 20.8 Å². The molecule has 3 rings (SSSR count). The van der Waals surface area contributed by atoms with Gasteiger partial charge in [-0.25, -0.2) is 0 Å². The van der Waals surface area contributed by atoms with Crippen LogP contribution in [-0.2, 0) is 11.3 Å². The molecule has 9 nitrogen and oxygen atoms in total. The van der Waals surface area contributed by atoms with E-state index < -0.39 is 12.2 Å². The maximum Gasteiger partial charge on any atom is 0.322 e. The Hall–Kier alpha value is -3.10. The van der Waals surface area contributed by atoms with Crippen LogP contribution < -0.4 is 24.3 Å². The number of para-hydroxylation sites is 2. The summed E-state index contributed by atoms with van der Waals surface area (Å²) >= 11 is 0. The van der Waals surface area contributed by atoms with Crippen LogP contribution in [0.5, 0.6) is 23.5 Å². The average Bonchev–Trinajstić information content (AvgIpc) is 2.65. The number of rotatable bonds is 5. The van der Waals surface area contributed by atoms with Crippen molar-refractivity contribution in [2.24, 2.45) is 0 Å². The molecule has 0 fully saturated rings. The van der Waals surface area contributed by atoms with Crippen LogP contribution in [0.3, 0.4) is 0 Å². The smallest absolute Gasteiger partial charge is 0.322 e. The van der Waals surface area contributed by atoms with Gasteiger partial charge in [-0.3, -0.25) is 4.79 Å². The first-order chi connectivity index (χ1) is 12.1. The maximum atomic E-state index is 12.5. The van der Waals surface area contributed by atoms with Gasteiger partial charge in [-0.1, -0.05) is 12.1 Å². The monoisotopic (exact) mass is 346 g/mol. The number of ether oxygens (including phenoxy) is 4. The van der Waals surface area contributed by atoms with Crippen molar-refractivity contribution < 1.29 is 23.7 Å². The summed E-state index contributed by atoms with van der Waals surface area (Å²) in [5.74, 6) is 1.12. The highest BCUT2D eigenvalue weighted by atomic mass is 16.6. The second kappa shape index (κ2) is 7.20. The number of benzene rings is 1. The number of carbonyl (C=O) groups excluding carboxylic acids is 1. The van der Waals surface area contributed by atoms with Crippen molar-refractivity contribution in [1.82, 2.24) is 20.3 Å². The van der Waals surface area contributed by atoms with Crippen LogP contribution in [0, 0.1) is 0 Å². The van der Waals surface area contributed by atoms with Gasteiger partial charge in [0.2, 0.25) is 6.10 Å². The fourth-order valence-corrected chi connectivity index (χ4v) is 2.31. The number of hydrogen-bond acceptors (Lipinski definition) is 8. The predicted octanol–water partition coefficient (Wildman–Crippen LogP) is 0.733. The average molecular weight is 346 g/mol. The van der Waals surface area contributed by atoms with E-state index >= 15 is 0 Å². The van der Waals surface area contributed by atoms with E-state index in [0.29, 0.717) is 17.3 Å². The molecule has 9 heteroatoms. The second-order valence-electron chi connectivity index (χ2n) is 5.25. The number of methoxy groups -OCH3 is 2. The van der Waals surface area contributed by atoms with Gasteiger partial charge >= 0.3 is 12.0 Å². The third kappa shape index (κ3) is 3.70. The molecule has 0 spiro atoms. The van der Waals surface area contributed by atoms with Gasteiger partial charge in [0, 0.05) is 0 Å². The number of nitrogens with one attached hydrogen (secondary N) is 1. The standard InChI is InChI=1S/C16H18N4O5/c1-9-13(25-11-7-5-4-6-10(11)24-9)14(21)17-8-12-18-15(22-2)20-16(19-12)23-3/h4-7,9,13H,8H2,1-3H3,(H,17,21). The molecule has 0 bridgehead atoms. The zero-order valence-corrected chi connectivity index (χ0v) is 14.1. The van der Waals surface area contributed by atoms with Crippen LogP contribution in [0.25, 0.3) is 0 Å². The Bertz CT molecular complexity index is 748. The Morgan fingerprint density at radius 2 is 1.68 bits per heavy atom. The fourth-order valence-electron chi connectivity index (χ4n) is 2.31. The lowest BCUT2D eigenvalue weighted by Gasteiger charge is -2.30. The van der Waals surface area contributed by atoms with Crippen LogP contribution in [0.1, 0.15) is 12.7 Å². The van der Waals surface area contributed by atoms with Gasteiger partial charge in [0.25, 0.3) is 5.91 Å². The lowest BCUT2D eigenvalue weighted by Crippen LogP contribution is -2.48. The minimum atomic E-state index is -0.777. The molecular weight excluding hydrogens is 328 g/mol. The summed E-state index contributed by atoms with van der Waals surface area (Å²) in [7, 11) is 2.87. The summed E-state index contributed by atoms with van der Waals surface area (Å²) < 4.78 is 21.4. The summed E-state index contributed by atoms with van der Waals surface area (Å²) in [4.78, 5) is 24.5. The molecule has 2 aromatic rings. The Labute approximate surface area is 144 Å². The van der Waals surface area contributed by atoms with E-state index in [1.54, 1.807) is 19.1 Å². The summed E-state index contributed by atoms with van der Waals surface area (Å²) in [6.07, 6.45) is -1.21. The zero-order valence-electron chi connectivity index (χ0n) is 14.1. The number of fused-ring (bicyclic) bond motifs is 1. The van der Waals surface area contributed by atoms with E-state index in [0.717, 1.165) is 0 Å². The fraction of sp³-hybridized carbons (Fsp3) is 0.375. The number of aromatic nitrogens is 3. The molecule has 0 saturated carbocycles. The predicted molar refractivity (Wildman–Crippen MR) is 85.7 cm³/mol. The first kappa shape index (κ1) is 16.7. The third-order valence-electron chi connectivity index (χ3n) is 3.53. The molecular formula is C16H18N4O5. The van der Waals surface area contributed by atoms with Crippen molar-refractivity contribution in [3.05, 3.63) is 30.1 Å². The molecule has 1 aromatic heterocycles. The number of carbonyl (C=O) groups is 1. The van der Waals surface area contributed by atoms with Crippen molar-refractivity contribution in [3.63, 3.8) is 0 Å². The SMILES string of the molecule is COc1nc(CNC(=O)C2Oc3ccccc3OC2C)nc(OC)n1. The maximum absolute atomic E-state index is 12.5. The van der Waals surface area contributed by atoms with E-state index in [4.69, 9.17) is 18.9 Å². The molecule has 1 aromatic carbocycles. The Kier molecular flexibility index (Phi) is 4.82. The van der Waals surface area contributed by atoms with Crippen molar-refractivity contribution in [1.29, 1.82) is 0 Å². The van der Waals surface area contributed by atoms with E-state index in [1.165, 1.54) is 14.2 Å². The summed E-state index contributed by atoms with van der Waals surface area (Å²) in [5, 5.41) is 2.72. The van der Waals surface area contributed by atoms with Crippen LogP contribution in [-0.4, -0.2) is 47.3 Å². The van der Waals surface area contributed by atoms with Crippen molar-refractivity contribution in [3.8, 4) is 23.5 Å². The van der Waals surface area contributed by atoms with E-state index in [9.17, 15) is 4.79 Å². The molecule has 0 aliphatic carbocycles. The second-order valence-corrected chi connectivity index (χ2v) is 5.25. The Balaban J connectivity index is 1.67. The minimum Gasteiger partial charge on any atom is -0.482 e. The van der Waals surface area contributed by atoms with Gasteiger partial charge in [0.15, 0.2) is 17.3 Å². The molecule has 1 amide bonds. The summed E-state index contributed by atoms with van der Waals surface area (Å²) in [6.45, 7) is 1.84. The Morgan fingerprint density at radius 1 is 1.08 bits per heavy atom. The first-order valence-corrected chi connectivity index (χ1v) is 7.63. The van der Waals surface area contributed by atoms with Gasteiger partial charge in [0.1, 0.15) is 6.10 Å². The highest BCUT2D eigenvalue weighted by molar-refractivity contribution is 5.82. The lowest BCUT2D eigenvalue weighted by atomic mass is 10.1. The molecule has 2 atom stereocenters. The van der Waals surface area contributed by atoms with Crippen LogP contribution >= 0.6 is 0 Å². The first-order valence-electron chi connectivity index (χ1n) is 7.63.